The standard InChI is InChI=1S/C25H26ClF2N5O4/c26-25(27,28)37-19-8-6-16(7-9-19)21-22(30-24(35)17-4-3-11-29-14-17)33(20-5-1-2-13-36-20)31-23(21)32-12-10-18(34)15-32/h3-4,6-9,11,14,18,20,34H,1-2,5,10,12-13,15H2,(H,30,35)/t18-,20?/m1/s1. The van der Waals surface area contributed by atoms with Gasteiger partial charge in [-0.3, -0.25) is 9.78 Å². The number of rotatable bonds is 7. The minimum absolute atomic E-state index is 0.120. The highest BCUT2D eigenvalue weighted by Crippen LogP contribution is 2.42. The van der Waals surface area contributed by atoms with Gasteiger partial charge in [-0.1, -0.05) is 12.1 Å². The summed E-state index contributed by atoms with van der Waals surface area (Å²) < 4.78 is 38.4. The van der Waals surface area contributed by atoms with E-state index in [1.807, 2.05) is 4.90 Å². The average Bonchev–Trinajstić information content (AvgIpc) is 3.48. The van der Waals surface area contributed by atoms with Crippen LogP contribution in [0.5, 0.6) is 5.75 Å². The first kappa shape index (κ1) is 25.4. The molecule has 1 amide bonds. The molecule has 1 unspecified atom stereocenters. The number of aliphatic hydroxyl groups is 1. The Bertz CT molecular complexity index is 1230. The summed E-state index contributed by atoms with van der Waals surface area (Å²) in [5, 5.41) is 18.0. The zero-order valence-electron chi connectivity index (χ0n) is 19.8. The van der Waals surface area contributed by atoms with Crippen molar-refractivity contribution in [2.75, 3.05) is 29.9 Å². The molecule has 5 rings (SSSR count). The first-order valence-corrected chi connectivity index (χ1v) is 12.4. The molecule has 37 heavy (non-hydrogen) atoms. The maximum absolute atomic E-state index is 13.2. The van der Waals surface area contributed by atoms with Crippen molar-refractivity contribution < 1.29 is 28.2 Å². The Hall–Kier alpha value is -3.28. The van der Waals surface area contributed by atoms with Crippen molar-refractivity contribution in [1.82, 2.24) is 14.8 Å². The first-order chi connectivity index (χ1) is 17.8. The summed E-state index contributed by atoms with van der Waals surface area (Å²) in [4.78, 5) is 19.2. The zero-order chi connectivity index (χ0) is 26.0. The van der Waals surface area contributed by atoms with Crippen molar-refractivity contribution in [3.8, 4) is 16.9 Å². The van der Waals surface area contributed by atoms with Gasteiger partial charge in [-0.25, -0.2) is 4.68 Å². The topological polar surface area (TPSA) is 102 Å². The summed E-state index contributed by atoms with van der Waals surface area (Å²) in [5.74, 6) is 0.434. The van der Waals surface area contributed by atoms with Crippen LogP contribution in [-0.4, -0.2) is 57.1 Å². The molecule has 3 aromatic rings. The second-order valence-corrected chi connectivity index (χ2v) is 9.41. The molecule has 2 aliphatic heterocycles. The predicted octanol–water partition coefficient (Wildman–Crippen LogP) is 4.64. The lowest BCUT2D eigenvalue weighted by atomic mass is 10.1. The molecular weight excluding hydrogens is 508 g/mol. The SMILES string of the molecule is O=C(Nc1c(-c2ccc(OC(F)(F)Cl)cc2)c(N2CC[C@@H](O)C2)nn1C1CCCCO1)c1cccnc1. The molecule has 0 radical (unpaired) electrons. The van der Waals surface area contributed by atoms with Gasteiger partial charge in [0.15, 0.2) is 12.0 Å². The number of halogens is 3. The Kier molecular flexibility index (Phi) is 7.27. The lowest BCUT2D eigenvalue weighted by Gasteiger charge is -2.24. The molecule has 12 heteroatoms. The molecule has 2 saturated heterocycles. The number of aromatic nitrogens is 3. The van der Waals surface area contributed by atoms with Gasteiger partial charge >= 0.3 is 5.57 Å². The number of alkyl halides is 3. The summed E-state index contributed by atoms with van der Waals surface area (Å²) in [7, 11) is 0. The monoisotopic (exact) mass is 533 g/mol. The number of pyridine rings is 1. The van der Waals surface area contributed by atoms with E-state index >= 15 is 0 Å². The summed E-state index contributed by atoms with van der Waals surface area (Å²) in [6, 6.07) is 9.24. The van der Waals surface area contributed by atoms with Crippen LogP contribution < -0.4 is 15.0 Å². The fraction of sp³-hybridized carbons (Fsp3) is 0.400. The number of ether oxygens (including phenoxy) is 2. The van der Waals surface area contributed by atoms with E-state index < -0.39 is 17.9 Å². The van der Waals surface area contributed by atoms with Gasteiger partial charge in [-0.15, -0.1) is 8.78 Å². The first-order valence-electron chi connectivity index (χ1n) is 12.0. The summed E-state index contributed by atoms with van der Waals surface area (Å²) in [5.41, 5.74) is -2.31. The second-order valence-electron chi connectivity index (χ2n) is 8.97. The normalized spacial score (nSPS) is 20.2. The number of carbonyl (C=O) groups is 1. The Morgan fingerprint density at radius 3 is 2.65 bits per heavy atom. The Balaban J connectivity index is 1.61. The highest BCUT2D eigenvalue weighted by Gasteiger charge is 2.33. The lowest BCUT2D eigenvalue weighted by molar-refractivity contribution is -0.0964. The largest absolute Gasteiger partial charge is 0.487 e. The Morgan fingerprint density at radius 2 is 2.03 bits per heavy atom. The van der Waals surface area contributed by atoms with Crippen LogP contribution >= 0.6 is 11.6 Å². The van der Waals surface area contributed by atoms with Crippen LogP contribution in [0.2, 0.25) is 0 Å². The number of hydrogen-bond acceptors (Lipinski definition) is 7. The molecule has 0 saturated carbocycles. The van der Waals surface area contributed by atoms with E-state index in [9.17, 15) is 18.7 Å². The molecule has 2 aliphatic rings. The van der Waals surface area contributed by atoms with Crippen LogP contribution in [0.25, 0.3) is 11.1 Å². The van der Waals surface area contributed by atoms with Crippen molar-refractivity contribution in [1.29, 1.82) is 0 Å². The quantitative estimate of drug-likeness (QED) is 0.427. The fourth-order valence-electron chi connectivity index (χ4n) is 4.59. The average molecular weight is 534 g/mol. The van der Waals surface area contributed by atoms with E-state index in [2.05, 4.69) is 15.0 Å². The zero-order valence-corrected chi connectivity index (χ0v) is 20.6. The van der Waals surface area contributed by atoms with Gasteiger partial charge in [0, 0.05) is 43.7 Å². The number of benzene rings is 1. The highest BCUT2D eigenvalue weighted by molar-refractivity contribution is 6.20. The minimum Gasteiger partial charge on any atom is -0.420 e. The third-order valence-electron chi connectivity index (χ3n) is 6.32. The second kappa shape index (κ2) is 10.6. The molecule has 1 aromatic carbocycles. The number of aliphatic hydroxyl groups excluding tert-OH is 1. The van der Waals surface area contributed by atoms with E-state index in [1.165, 1.54) is 18.3 Å². The highest BCUT2D eigenvalue weighted by atomic mass is 35.5. The number of hydrogen-bond donors (Lipinski definition) is 2. The van der Waals surface area contributed by atoms with Crippen LogP contribution in [0.1, 0.15) is 42.3 Å². The van der Waals surface area contributed by atoms with Crippen molar-refractivity contribution in [3.63, 3.8) is 0 Å². The van der Waals surface area contributed by atoms with Gasteiger partial charge in [-0.05, 0) is 55.5 Å². The molecule has 0 bridgehead atoms. The number of nitrogens with one attached hydrogen (secondary N) is 1. The van der Waals surface area contributed by atoms with Crippen LogP contribution in [0, 0.1) is 0 Å². The molecule has 2 N–H and O–H groups in total. The Morgan fingerprint density at radius 1 is 1.22 bits per heavy atom. The molecule has 0 spiro atoms. The van der Waals surface area contributed by atoms with Gasteiger partial charge in [0.05, 0.1) is 17.2 Å². The third kappa shape index (κ3) is 5.84. The third-order valence-corrected chi connectivity index (χ3v) is 6.39. The number of nitrogens with zero attached hydrogens (tertiary/aromatic N) is 4. The Labute approximate surface area is 217 Å². The molecule has 9 nitrogen and oxygen atoms in total. The van der Waals surface area contributed by atoms with Crippen molar-refractivity contribution >= 4 is 29.1 Å². The minimum atomic E-state index is -3.84. The molecular formula is C25H26ClF2N5O4. The number of carbonyl (C=O) groups excluding carboxylic acids is 1. The van der Waals surface area contributed by atoms with E-state index in [0.29, 0.717) is 60.9 Å². The van der Waals surface area contributed by atoms with Crippen molar-refractivity contribution in [3.05, 3.63) is 54.4 Å². The molecule has 2 atom stereocenters. The van der Waals surface area contributed by atoms with Crippen molar-refractivity contribution in [2.24, 2.45) is 0 Å². The molecule has 0 aliphatic carbocycles. The van der Waals surface area contributed by atoms with E-state index in [-0.39, 0.29) is 11.7 Å². The van der Waals surface area contributed by atoms with Crippen molar-refractivity contribution in [2.45, 2.75) is 43.6 Å². The molecule has 196 valence electrons. The lowest BCUT2D eigenvalue weighted by Crippen LogP contribution is -2.24. The van der Waals surface area contributed by atoms with Crippen LogP contribution in [-0.2, 0) is 4.74 Å². The number of β-amino-alcohol motifs (C(OH)–C–C–N with tert-alkyl or cyclic N) is 1. The van der Waals surface area contributed by atoms with Gasteiger partial charge in [0.1, 0.15) is 11.6 Å². The van der Waals surface area contributed by atoms with Gasteiger partial charge in [0.2, 0.25) is 0 Å². The van der Waals surface area contributed by atoms with E-state index in [1.54, 1.807) is 35.1 Å². The summed E-state index contributed by atoms with van der Waals surface area (Å²) >= 11 is 4.91. The predicted molar refractivity (Wildman–Crippen MR) is 133 cm³/mol. The summed E-state index contributed by atoms with van der Waals surface area (Å²) in [6.07, 6.45) is 5.26. The molecule has 2 fully saturated rings. The van der Waals surface area contributed by atoms with Gasteiger partial charge in [-0.2, -0.15) is 5.10 Å². The van der Waals surface area contributed by atoms with Gasteiger partial charge < -0.3 is 24.8 Å². The molecule has 2 aromatic heterocycles. The van der Waals surface area contributed by atoms with E-state index in [4.69, 9.17) is 21.4 Å². The number of anilines is 2. The maximum atomic E-state index is 13.2. The summed E-state index contributed by atoms with van der Waals surface area (Å²) in [6.45, 7) is 1.49. The van der Waals surface area contributed by atoms with Crippen LogP contribution in [0.15, 0.2) is 48.8 Å². The van der Waals surface area contributed by atoms with Crippen LogP contribution in [0.3, 0.4) is 0 Å². The van der Waals surface area contributed by atoms with Gasteiger partial charge in [0.25, 0.3) is 5.91 Å². The van der Waals surface area contributed by atoms with Crippen LogP contribution in [0.4, 0.5) is 20.4 Å². The number of amides is 1. The van der Waals surface area contributed by atoms with E-state index in [0.717, 1.165) is 12.8 Å². The maximum Gasteiger partial charge on any atom is 0.487 e. The smallest absolute Gasteiger partial charge is 0.420 e. The fourth-order valence-corrected chi connectivity index (χ4v) is 4.68. The molecule has 4 heterocycles.